The summed E-state index contributed by atoms with van der Waals surface area (Å²) in [6.45, 7) is 2.31. The summed E-state index contributed by atoms with van der Waals surface area (Å²) in [4.78, 5) is 30.6. The van der Waals surface area contributed by atoms with Crippen LogP contribution < -0.4 is 4.74 Å². The second-order valence-electron chi connectivity index (χ2n) is 7.57. The van der Waals surface area contributed by atoms with E-state index >= 15 is 0 Å². The lowest BCUT2D eigenvalue weighted by molar-refractivity contribution is -0.386. The highest BCUT2D eigenvalue weighted by molar-refractivity contribution is 8.18. The average molecular weight is 476 g/mol. The molecule has 0 bridgehead atoms. The van der Waals surface area contributed by atoms with E-state index in [4.69, 9.17) is 4.74 Å². The summed E-state index contributed by atoms with van der Waals surface area (Å²) in [5, 5.41) is 21.9. The number of phenolic OH excluding ortho intramolecular Hbond substituents is 1. The van der Waals surface area contributed by atoms with Crippen molar-refractivity contribution in [2.45, 2.75) is 13.5 Å². The summed E-state index contributed by atoms with van der Waals surface area (Å²) < 4.78 is 5.07. The highest BCUT2D eigenvalue weighted by Gasteiger charge is 2.34. The van der Waals surface area contributed by atoms with Crippen LogP contribution in [-0.4, -0.2) is 33.1 Å². The number of methoxy groups -OCH3 is 1. The van der Waals surface area contributed by atoms with Gasteiger partial charge in [-0.1, -0.05) is 48.0 Å². The largest absolute Gasteiger partial charge is 0.500 e. The van der Waals surface area contributed by atoms with Crippen LogP contribution in [0.1, 0.15) is 16.7 Å². The van der Waals surface area contributed by atoms with Gasteiger partial charge in [0.2, 0.25) is 5.75 Å². The number of hydrogen-bond acceptors (Lipinski definition) is 7. The average Bonchev–Trinajstić information content (AvgIpc) is 3.10. The fourth-order valence-electron chi connectivity index (χ4n) is 3.37. The summed E-state index contributed by atoms with van der Waals surface area (Å²) in [6, 6.07) is 19.9. The summed E-state index contributed by atoms with van der Waals surface area (Å²) in [5.74, 6) is -0.882. The number of hydrogen-bond donors (Lipinski definition) is 1. The number of carbonyl (C=O) groups excluding carboxylic acids is 1. The maximum atomic E-state index is 13.4. The number of aromatic hydroxyl groups is 1. The zero-order valence-corrected chi connectivity index (χ0v) is 19.3. The van der Waals surface area contributed by atoms with E-state index in [1.54, 1.807) is 4.90 Å². The molecule has 0 radical (unpaired) electrons. The van der Waals surface area contributed by atoms with Crippen molar-refractivity contribution in [1.29, 1.82) is 0 Å². The highest BCUT2D eigenvalue weighted by Crippen LogP contribution is 2.40. The number of ether oxygens (including phenoxy) is 1. The van der Waals surface area contributed by atoms with Crippen molar-refractivity contribution in [2.75, 3.05) is 7.11 Å². The molecule has 8 nitrogen and oxygen atoms in total. The molecule has 9 heteroatoms. The van der Waals surface area contributed by atoms with Gasteiger partial charge in [-0.3, -0.25) is 19.8 Å². The predicted octanol–water partition coefficient (Wildman–Crippen LogP) is 5.42. The van der Waals surface area contributed by atoms with Crippen molar-refractivity contribution >= 4 is 40.3 Å². The van der Waals surface area contributed by atoms with Crippen LogP contribution in [0.4, 0.5) is 11.4 Å². The van der Waals surface area contributed by atoms with E-state index in [0.29, 0.717) is 27.9 Å². The van der Waals surface area contributed by atoms with E-state index in [9.17, 15) is 20.0 Å². The first-order valence-corrected chi connectivity index (χ1v) is 11.1. The minimum atomic E-state index is -0.699. The molecule has 1 N–H and O–H groups in total. The van der Waals surface area contributed by atoms with Crippen LogP contribution in [0.5, 0.6) is 11.5 Å². The first kappa shape index (κ1) is 23.1. The molecule has 3 aromatic rings. The second kappa shape index (κ2) is 9.80. The van der Waals surface area contributed by atoms with E-state index in [1.807, 2.05) is 61.5 Å². The zero-order valence-electron chi connectivity index (χ0n) is 18.5. The Morgan fingerprint density at radius 3 is 2.50 bits per heavy atom. The van der Waals surface area contributed by atoms with E-state index in [1.165, 1.54) is 37.1 Å². The van der Waals surface area contributed by atoms with Crippen LogP contribution in [0, 0.1) is 17.0 Å². The van der Waals surface area contributed by atoms with Crippen LogP contribution in [0.15, 0.2) is 76.6 Å². The zero-order chi connectivity index (χ0) is 24.2. The van der Waals surface area contributed by atoms with Gasteiger partial charge in [0.25, 0.3) is 5.91 Å². The number of nitro groups is 1. The number of amidine groups is 1. The van der Waals surface area contributed by atoms with Crippen LogP contribution in [0.25, 0.3) is 6.08 Å². The molecule has 0 aromatic heterocycles. The fraction of sp³-hybridized carbons (Fsp3) is 0.120. The molecule has 172 valence electrons. The number of carbonyl (C=O) groups is 1. The third-order valence-corrected chi connectivity index (χ3v) is 6.13. The molecule has 0 atom stereocenters. The lowest BCUT2D eigenvalue weighted by Gasteiger charge is -2.15. The van der Waals surface area contributed by atoms with E-state index in [2.05, 4.69) is 4.99 Å². The Balaban J connectivity index is 1.75. The van der Waals surface area contributed by atoms with Crippen LogP contribution in [0.3, 0.4) is 0 Å². The van der Waals surface area contributed by atoms with Gasteiger partial charge in [0, 0.05) is 6.07 Å². The van der Waals surface area contributed by atoms with Gasteiger partial charge in [0.15, 0.2) is 10.9 Å². The highest BCUT2D eigenvalue weighted by atomic mass is 32.2. The quantitative estimate of drug-likeness (QED) is 0.290. The van der Waals surface area contributed by atoms with Gasteiger partial charge in [-0.15, -0.1) is 0 Å². The Kier molecular flexibility index (Phi) is 6.65. The normalized spacial score (nSPS) is 15.8. The number of benzene rings is 3. The standard InChI is InChI=1S/C25H21N3O5S/c1-16-8-10-19(11-9-16)26-25-27(15-17-6-4-3-5-7-17)24(30)22(34-25)14-18-12-20(28(31)32)23(29)21(13-18)33-2/h3-14,29H,15H2,1-2H3/b22-14-,26-25?. The van der Waals surface area contributed by atoms with Gasteiger partial charge in [-0.2, -0.15) is 0 Å². The lowest BCUT2D eigenvalue weighted by atomic mass is 10.1. The predicted molar refractivity (Wildman–Crippen MR) is 132 cm³/mol. The van der Waals surface area contributed by atoms with Crippen molar-refractivity contribution in [2.24, 2.45) is 4.99 Å². The Morgan fingerprint density at radius 2 is 1.85 bits per heavy atom. The van der Waals surface area contributed by atoms with Crippen molar-refractivity contribution in [3.05, 3.63) is 98.4 Å². The lowest BCUT2D eigenvalue weighted by Crippen LogP contribution is -2.28. The molecular formula is C25H21N3O5S. The van der Waals surface area contributed by atoms with Crippen molar-refractivity contribution in [3.63, 3.8) is 0 Å². The van der Waals surface area contributed by atoms with Crippen LogP contribution in [-0.2, 0) is 11.3 Å². The van der Waals surface area contributed by atoms with E-state index in [-0.39, 0.29) is 11.7 Å². The van der Waals surface area contributed by atoms with Crippen molar-refractivity contribution in [1.82, 2.24) is 4.90 Å². The van der Waals surface area contributed by atoms with Crippen molar-refractivity contribution in [3.8, 4) is 11.5 Å². The molecule has 1 amide bonds. The molecule has 1 heterocycles. The molecule has 1 aliphatic rings. The Morgan fingerprint density at radius 1 is 1.15 bits per heavy atom. The summed E-state index contributed by atoms with van der Waals surface area (Å²) in [6.07, 6.45) is 1.54. The Hall–Kier alpha value is -4.11. The number of rotatable bonds is 6. The Bertz CT molecular complexity index is 1300. The van der Waals surface area contributed by atoms with Gasteiger partial charge >= 0.3 is 5.69 Å². The SMILES string of the molecule is COc1cc(/C=C2\SC(=Nc3ccc(C)cc3)N(Cc3ccccc3)C2=O)cc([N+](=O)[O-])c1O. The van der Waals surface area contributed by atoms with Crippen LogP contribution in [0.2, 0.25) is 0 Å². The maximum absolute atomic E-state index is 13.4. The van der Waals surface area contributed by atoms with Gasteiger partial charge in [-0.05, 0) is 54.1 Å². The number of phenols is 1. The second-order valence-corrected chi connectivity index (χ2v) is 8.57. The molecule has 34 heavy (non-hydrogen) atoms. The third kappa shape index (κ3) is 4.94. The molecule has 1 fully saturated rings. The molecule has 3 aromatic carbocycles. The van der Waals surface area contributed by atoms with Gasteiger partial charge in [0.1, 0.15) is 0 Å². The molecular weight excluding hydrogens is 454 g/mol. The first-order chi connectivity index (χ1) is 16.4. The summed E-state index contributed by atoms with van der Waals surface area (Å²) in [7, 11) is 1.30. The number of amides is 1. The smallest absolute Gasteiger partial charge is 0.315 e. The van der Waals surface area contributed by atoms with Gasteiger partial charge in [0.05, 0.1) is 29.2 Å². The number of aryl methyl sites for hydroxylation is 1. The molecule has 4 rings (SSSR count). The molecule has 0 aliphatic carbocycles. The molecule has 0 unspecified atom stereocenters. The monoisotopic (exact) mass is 475 g/mol. The third-order valence-electron chi connectivity index (χ3n) is 5.12. The fourth-order valence-corrected chi connectivity index (χ4v) is 4.37. The number of nitro benzene ring substituents is 1. The molecule has 0 spiro atoms. The summed E-state index contributed by atoms with van der Waals surface area (Å²) >= 11 is 1.19. The maximum Gasteiger partial charge on any atom is 0.315 e. The van der Waals surface area contributed by atoms with Crippen LogP contribution >= 0.6 is 11.8 Å². The van der Waals surface area contributed by atoms with Gasteiger partial charge < -0.3 is 9.84 Å². The number of aliphatic imine (C=N–C) groups is 1. The van der Waals surface area contributed by atoms with E-state index in [0.717, 1.165) is 11.1 Å². The number of nitrogens with zero attached hydrogens (tertiary/aromatic N) is 3. The summed E-state index contributed by atoms with van der Waals surface area (Å²) in [5.41, 5.74) is 2.60. The minimum Gasteiger partial charge on any atom is -0.500 e. The number of thioether (sulfide) groups is 1. The van der Waals surface area contributed by atoms with Gasteiger partial charge in [-0.25, -0.2) is 4.99 Å². The van der Waals surface area contributed by atoms with E-state index < -0.39 is 16.4 Å². The topological polar surface area (TPSA) is 105 Å². The Labute approximate surface area is 200 Å². The molecule has 0 saturated carbocycles. The molecule has 1 saturated heterocycles. The molecule has 1 aliphatic heterocycles. The minimum absolute atomic E-state index is 0.0498. The van der Waals surface area contributed by atoms with Crippen molar-refractivity contribution < 1.29 is 19.6 Å². The first-order valence-electron chi connectivity index (χ1n) is 10.3.